The van der Waals surface area contributed by atoms with Gasteiger partial charge in [0.25, 0.3) is 16.8 Å². The van der Waals surface area contributed by atoms with E-state index >= 15 is 0 Å². The number of carbonyl (C=O) groups excluding carboxylic acids is 1. The number of hydrogen-bond donors (Lipinski definition) is 1. The molecule has 0 bridgehead atoms. The van der Waals surface area contributed by atoms with Gasteiger partial charge >= 0.3 is 0 Å². The summed E-state index contributed by atoms with van der Waals surface area (Å²) in [4.78, 5) is 47.9. The van der Waals surface area contributed by atoms with Crippen LogP contribution in [0.4, 0.5) is 11.4 Å². The van der Waals surface area contributed by atoms with E-state index in [4.69, 9.17) is 0 Å². The summed E-state index contributed by atoms with van der Waals surface area (Å²) in [6.07, 6.45) is 0. The number of rotatable bonds is 5. The first-order valence-electron chi connectivity index (χ1n) is 8.71. The third kappa shape index (κ3) is 3.59. The molecule has 3 rings (SSSR count). The van der Waals surface area contributed by atoms with Gasteiger partial charge in [-0.2, -0.15) is 0 Å². The SMILES string of the molecule is Cc1c([N+](=O)[O-])ccc(=O)n1CC(=O)Nc1c(C)n(C)n(-c2ccccc2)c1=O. The minimum absolute atomic E-state index is 0.0594. The van der Waals surface area contributed by atoms with Gasteiger partial charge in [0.1, 0.15) is 12.2 Å². The van der Waals surface area contributed by atoms with Crippen LogP contribution in [0.3, 0.4) is 0 Å². The van der Waals surface area contributed by atoms with Gasteiger partial charge in [-0.3, -0.25) is 33.7 Å². The van der Waals surface area contributed by atoms with E-state index in [1.54, 1.807) is 42.9 Å². The summed E-state index contributed by atoms with van der Waals surface area (Å²) in [6.45, 7) is 2.62. The zero-order valence-electron chi connectivity index (χ0n) is 16.1. The number of nitrogens with zero attached hydrogens (tertiary/aromatic N) is 4. The Morgan fingerprint density at radius 1 is 1.07 bits per heavy atom. The quantitative estimate of drug-likeness (QED) is 0.517. The van der Waals surface area contributed by atoms with Gasteiger partial charge in [-0.15, -0.1) is 0 Å². The summed E-state index contributed by atoms with van der Waals surface area (Å²) in [5.74, 6) is -0.637. The van der Waals surface area contributed by atoms with Gasteiger partial charge in [0, 0.05) is 19.2 Å². The van der Waals surface area contributed by atoms with Crippen LogP contribution in [-0.4, -0.2) is 24.8 Å². The fourth-order valence-corrected chi connectivity index (χ4v) is 3.09. The van der Waals surface area contributed by atoms with Crippen molar-refractivity contribution in [1.29, 1.82) is 0 Å². The van der Waals surface area contributed by atoms with E-state index in [1.807, 2.05) is 6.07 Å². The van der Waals surface area contributed by atoms with Gasteiger partial charge in [-0.1, -0.05) is 18.2 Å². The van der Waals surface area contributed by atoms with Crippen LogP contribution >= 0.6 is 0 Å². The first-order chi connectivity index (χ1) is 13.7. The molecule has 2 aromatic heterocycles. The third-order valence-electron chi connectivity index (χ3n) is 4.74. The molecule has 0 aliphatic rings. The van der Waals surface area contributed by atoms with E-state index in [9.17, 15) is 24.5 Å². The van der Waals surface area contributed by atoms with Crippen LogP contribution in [-0.2, 0) is 18.4 Å². The molecule has 10 nitrogen and oxygen atoms in total. The second kappa shape index (κ2) is 7.58. The monoisotopic (exact) mass is 397 g/mol. The molecule has 2 heterocycles. The number of nitrogens with one attached hydrogen (secondary N) is 1. The van der Waals surface area contributed by atoms with E-state index < -0.39 is 28.5 Å². The van der Waals surface area contributed by atoms with Crippen molar-refractivity contribution in [2.45, 2.75) is 20.4 Å². The third-order valence-corrected chi connectivity index (χ3v) is 4.74. The minimum Gasteiger partial charge on any atom is -0.318 e. The Bertz CT molecular complexity index is 1220. The number of pyridine rings is 1. The van der Waals surface area contributed by atoms with Crippen molar-refractivity contribution in [1.82, 2.24) is 13.9 Å². The number of anilines is 1. The van der Waals surface area contributed by atoms with E-state index in [0.29, 0.717) is 11.4 Å². The zero-order valence-corrected chi connectivity index (χ0v) is 16.1. The summed E-state index contributed by atoms with van der Waals surface area (Å²) in [7, 11) is 1.69. The lowest BCUT2D eigenvalue weighted by molar-refractivity contribution is -0.386. The standard InChI is InChI=1S/C19H19N5O5/c1-12-15(24(28)29)9-10-17(26)22(12)11-16(25)20-18-13(2)21(3)23(19(18)27)14-7-5-4-6-8-14/h4-10H,11H2,1-3H3,(H,20,25). The summed E-state index contributed by atoms with van der Waals surface area (Å²) >= 11 is 0. The van der Waals surface area contributed by atoms with Crippen LogP contribution in [0.1, 0.15) is 11.4 Å². The lowest BCUT2D eigenvalue weighted by Crippen LogP contribution is -2.30. The van der Waals surface area contributed by atoms with Crippen molar-refractivity contribution in [2.24, 2.45) is 7.05 Å². The molecule has 0 radical (unpaired) electrons. The lowest BCUT2D eigenvalue weighted by atomic mass is 10.3. The average molecular weight is 397 g/mol. The first kappa shape index (κ1) is 19.8. The number of aromatic nitrogens is 3. The Kier molecular flexibility index (Phi) is 5.18. The normalized spacial score (nSPS) is 10.7. The number of para-hydroxylation sites is 1. The molecule has 1 N–H and O–H groups in total. The zero-order chi connectivity index (χ0) is 21.3. The Labute approximate surface area is 164 Å². The van der Waals surface area contributed by atoms with Crippen molar-refractivity contribution in [3.8, 4) is 5.69 Å². The van der Waals surface area contributed by atoms with Gasteiger partial charge in [0.05, 0.1) is 22.0 Å². The van der Waals surface area contributed by atoms with Gasteiger partial charge < -0.3 is 5.32 Å². The van der Waals surface area contributed by atoms with Gasteiger partial charge in [0.2, 0.25) is 5.91 Å². The summed E-state index contributed by atoms with van der Waals surface area (Å²) < 4.78 is 4.02. The van der Waals surface area contributed by atoms with Crippen LogP contribution < -0.4 is 16.4 Å². The number of amides is 1. The molecule has 1 aromatic carbocycles. The number of hydrogen-bond acceptors (Lipinski definition) is 5. The predicted molar refractivity (Wildman–Crippen MR) is 106 cm³/mol. The molecule has 0 saturated carbocycles. The fourth-order valence-electron chi connectivity index (χ4n) is 3.09. The molecule has 0 spiro atoms. The van der Waals surface area contributed by atoms with Crippen LogP contribution in [0, 0.1) is 24.0 Å². The highest BCUT2D eigenvalue weighted by Gasteiger charge is 2.20. The Morgan fingerprint density at radius 2 is 1.72 bits per heavy atom. The lowest BCUT2D eigenvalue weighted by Gasteiger charge is -2.09. The van der Waals surface area contributed by atoms with Crippen LogP contribution in [0.15, 0.2) is 52.1 Å². The maximum atomic E-state index is 12.8. The van der Waals surface area contributed by atoms with Crippen molar-refractivity contribution in [3.63, 3.8) is 0 Å². The first-order valence-corrected chi connectivity index (χ1v) is 8.71. The van der Waals surface area contributed by atoms with Crippen molar-refractivity contribution in [2.75, 3.05) is 5.32 Å². The highest BCUT2D eigenvalue weighted by atomic mass is 16.6. The molecular formula is C19H19N5O5. The largest absolute Gasteiger partial charge is 0.318 e. The Hall–Kier alpha value is -3.95. The molecule has 0 aliphatic heterocycles. The smallest absolute Gasteiger partial charge is 0.295 e. The van der Waals surface area contributed by atoms with Crippen LogP contribution in [0.5, 0.6) is 0 Å². The average Bonchev–Trinajstić information content (AvgIpc) is 2.89. The topological polar surface area (TPSA) is 121 Å². The molecule has 0 fully saturated rings. The van der Waals surface area contributed by atoms with E-state index in [-0.39, 0.29) is 17.1 Å². The van der Waals surface area contributed by atoms with E-state index in [2.05, 4.69) is 5.32 Å². The van der Waals surface area contributed by atoms with Crippen molar-refractivity contribution >= 4 is 17.3 Å². The van der Waals surface area contributed by atoms with Crippen LogP contribution in [0.25, 0.3) is 5.69 Å². The molecule has 0 saturated heterocycles. The summed E-state index contributed by atoms with van der Waals surface area (Å²) in [5.41, 5.74) is 0.0633. The second-order valence-electron chi connectivity index (χ2n) is 6.47. The fraction of sp³-hybridized carbons (Fsp3) is 0.211. The van der Waals surface area contributed by atoms with Crippen molar-refractivity contribution < 1.29 is 9.72 Å². The molecule has 1 amide bonds. The predicted octanol–water partition coefficient (Wildman–Crippen LogP) is 1.50. The molecular weight excluding hydrogens is 378 g/mol. The van der Waals surface area contributed by atoms with Crippen LogP contribution in [0.2, 0.25) is 0 Å². The van der Waals surface area contributed by atoms with E-state index in [1.165, 1.54) is 11.6 Å². The molecule has 3 aromatic rings. The minimum atomic E-state index is -0.637. The second-order valence-corrected chi connectivity index (χ2v) is 6.47. The number of benzene rings is 1. The number of nitro groups is 1. The highest BCUT2D eigenvalue weighted by molar-refractivity contribution is 5.91. The molecule has 150 valence electrons. The molecule has 0 atom stereocenters. The maximum Gasteiger partial charge on any atom is 0.295 e. The molecule has 0 aliphatic carbocycles. The van der Waals surface area contributed by atoms with E-state index in [0.717, 1.165) is 16.7 Å². The molecule has 29 heavy (non-hydrogen) atoms. The van der Waals surface area contributed by atoms with Gasteiger partial charge in [-0.25, -0.2) is 4.68 Å². The highest BCUT2D eigenvalue weighted by Crippen LogP contribution is 2.16. The van der Waals surface area contributed by atoms with Gasteiger partial charge in [0.15, 0.2) is 0 Å². The van der Waals surface area contributed by atoms with Gasteiger partial charge in [-0.05, 0) is 26.0 Å². The number of carbonyl (C=O) groups is 1. The summed E-state index contributed by atoms with van der Waals surface area (Å²) in [5, 5.41) is 13.6. The Morgan fingerprint density at radius 3 is 2.34 bits per heavy atom. The van der Waals surface area contributed by atoms with Crippen molar-refractivity contribution in [3.05, 3.63) is 84.7 Å². The molecule has 0 unspecified atom stereocenters. The molecule has 10 heteroatoms. The maximum absolute atomic E-state index is 12.8. The Balaban J connectivity index is 1.94. The summed E-state index contributed by atoms with van der Waals surface area (Å²) in [6, 6.07) is 11.1.